The van der Waals surface area contributed by atoms with E-state index < -0.39 is 0 Å². The zero-order valence-corrected chi connectivity index (χ0v) is 16.4. The second-order valence-corrected chi connectivity index (χ2v) is 6.23. The number of hydrogen-bond acceptors (Lipinski definition) is 3. The van der Waals surface area contributed by atoms with Crippen molar-refractivity contribution in [2.75, 3.05) is 32.0 Å². The predicted molar refractivity (Wildman–Crippen MR) is 102 cm³/mol. The SMILES string of the molecule is CCCN(CC(=O)Nc1ccc(Cl)cc1Cl)C(=O)C(C)CNC.Cl. The molecule has 1 unspecified atom stereocenters. The van der Waals surface area contributed by atoms with E-state index in [9.17, 15) is 9.59 Å². The van der Waals surface area contributed by atoms with Gasteiger partial charge in [0.2, 0.25) is 11.8 Å². The minimum Gasteiger partial charge on any atom is -0.333 e. The van der Waals surface area contributed by atoms with Gasteiger partial charge >= 0.3 is 0 Å². The lowest BCUT2D eigenvalue weighted by atomic mass is 10.1. The Morgan fingerprint density at radius 3 is 2.50 bits per heavy atom. The molecule has 0 aliphatic rings. The summed E-state index contributed by atoms with van der Waals surface area (Å²) in [4.78, 5) is 26.2. The average molecular weight is 397 g/mol. The number of rotatable bonds is 8. The maximum absolute atomic E-state index is 12.4. The van der Waals surface area contributed by atoms with Crippen LogP contribution in [-0.2, 0) is 9.59 Å². The highest BCUT2D eigenvalue weighted by molar-refractivity contribution is 6.36. The van der Waals surface area contributed by atoms with Crippen LogP contribution in [-0.4, -0.2) is 43.4 Å². The highest BCUT2D eigenvalue weighted by Gasteiger charge is 2.21. The molecule has 1 aromatic carbocycles. The third-order valence-corrected chi connectivity index (χ3v) is 3.82. The van der Waals surface area contributed by atoms with E-state index in [0.717, 1.165) is 6.42 Å². The van der Waals surface area contributed by atoms with Gasteiger partial charge < -0.3 is 15.5 Å². The van der Waals surface area contributed by atoms with Gasteiger partial charge in [-0.2, -0.15) is 0 Å². The number of nitrogens with one attached hydrogen (secondary N) is 2. The fraction of sp³-hybridized carbons (Fsp3) is 0.500. The zero-order valence-electron chi connectivity index (χ0n) is 14.1. The van der Waals surface area contributed by atoms with Crippen molar-refractivity contribution in [1.29, 1.82) is 0 Å². The van der Waals surface area contributed by atoms with Crippen LogP contribution in [0.1, 0.15) is 20.3 Å². The summed E-state index contributed by atoms with van der Waals surface area (Å²) >= 11 is 11.9. The van der Waals surface area contributed by atoms with E-state index in [1.807, 2.05) is 13.8 Å². The number of nitrogens with zero attached hydrogens (tertiary/aromatic N) is 1. The molecule has 2 amide bonds. The molecule has 5 nitrogen and oxygen atoms in total. The van der Waals surface area contributed by atoms with Crippen LogP contribution in [0.25, 0.3) is 0 Å². The summed E-state index contributed by atoms with van der Waals surface area (Å²) in [5.41, 5.74) is 0.480. The van der Waals surface area contributed by atoms with Gasteiger partial charge in [-0.25, -0.2) is 0 Å². The monoisotopic (exact) mass is 395 g/mol. The molecule has 0 bridgehead atoms. The van der Waals surface area contributed by atoms with Crippen molar-refractivity contribution >= 4 is 53.1 Å². The van der Waals surface area contributed by atoms with Gasteiger partial charge in [-0.05, 0) is 31.7 Å². The van der Waals surface area contributed by atoms with E-state index >= 15 is 0 Å². The van der Waals surface area contributed by atoms with Gasteiger partial charge in [-0.3, -0.25) is 9.59 Å². The molecule has 0 aliphatic carbocycles. The van der Waals surface area contributed by atoms with Gasteiger partial charge in [-0.1, -0.05) is 37.0 Å². The van der Waals surface area contributed by atoms with Crippen LogP contribution in [0.2, 0.25) is 10.0 Å². The van der Waals surface area contributed by atoms with E-state index in [1.54, 1.807) is 30.1 Å². The third kappa shape index (κ3) is 7.26. The van der Waals surface area contributed by atoms with Crippen molar-refractivity contribution in [3.8, 4) is 0 Å². The third-order valence-electron chi connectivity index (χ3n) is 3.28. The van der Waals surface area contributed by atoms with E-state index in [1.165, 1.54) is 0 Å². The van der Waals surface area contributed by atoms with Gasteiger partial charge in [0.25, 0.3) is 0 Å². The van der Waals surface area contributed by atoms with Crippen molar-refractivity contribution in [3.63, 3.8) is 0 Å². The van der Waals surface area contributed by atoms with Gasteiger partial charge in [0.1, 0.15) is 0 Å². The minimum atomic E-state index is -0.285. The molecule has 0 heterocycles. The summed E-state index contributed by atoms with van der Waals surface area (Å²) in [6.45, 7) is 4.92. The molecule has 1 atom stereocenters. The van der Waals surface area contributed by atoms with Crippen molar-refractivity contribution < 1.29 is 9.59 Å². The standard InChI is InChI=1S/C16H23Cl2N3O2.ClH/c1-4-7-21(16(23)11(2)9-19-3)10-15(22)20-14-6-5-12(17)8-13(14)18;/h5-6,8,11,19H,4,7,9-10H2,1-3H3,(H,20,22);1H. The van der Waals surface area contributed by atoms with E-state index in [4.69, 9.17) is 23.2 Å². The quantitative estimate of drug-likeness (QED) is 0.707. The van der Waals surface area contributed by atoms with Gasteiger partial charge in [0, 0.05) is 24.0 Å². The molecule has 136 valence electrons. The summed E-state index contributed by atoms with van der Waals surface area (Å²) in [6.07, 6.45) is 0.785. The second-order valence-electron chi connectivity index (χ2n) is 5.39. The number of benzene rings is 1. The molecule has 0 saturated heterocycles. The number of hydrogen-bond donors (Lipinski definition) is 2. The molecule has 0 radical (unpaired) electrons. The predicted octanol–water partition coefficient (Wildman–Crippen LogP) is 3.45. The first-order valence-electron chi connectivity index (χ1n) is 7.57. The van der Waals surface area contributed by atoms with E-state index in [-0.39, 0.29) is 36.7 Å². The normalized spacial score (nSPS) is 11.4. The molecule has 0 fully saturated rings. The van der Waals surface area contributed by atoms with Gasteiger partial charge in [-0.15, -0.1) is 12.4 Å². The molecular formula is C16H24Cl3N3O2. The van der Waals surface area contributed by atoms with E-state index in [0.29, 0.717) is 28.8 Å². The van der Waals surface area contributed by atoms with Crippen LogP contribution in [0.15, 0.2) is 18.2 Å². The van der Waals surface area contributed by atoms with Gasteiger partial charge in [0.15, 0.2) is 0 Å². The molecule has 0 aromatic heterocycles. The Kier molecular flexibility index (Phi) is 11.0. The largest absolute Gasteiger partial charge is 0.333 e. The Balaban J connectivity index is 0.00000529. The van der Waals surface area contributed by atoms with Crippen molar-refractivity contribution in [2.45, 2.75) is 20.3 Å². The van der Waals surface area contributed by atoms with Crippen LogP contribution in [0.3, 0.4) is 0 Å². The molecular weight excluding hydrogens is 373 g/mol. The summed E-state index contributed by atoms with van der Waals surface area (Å²) in [6, 6.07) is 4.84. The Morgan fingerprint density at radius 2 is 1.96 bits per heavy atom. The van der Waals surface area contributed by atoms with Crippen molar-refractivity contribution in [1.82, 2.24) is 10.2 Å². The number of carbonyl (C=O) groups is 2. The van der Waals surface area contributed by atoms with Crippen molar-refractivity contribution in [2.24, 2.45) is 5.92 Å². The molecule has 0 aliphatic heterocycles. The zero-order chi connectivity index (χ0) is 17.4. The topological polar surface area (TPSA) is 61.4 Å². The highest BCUT2D eigenvalue weighted by Crippen LogP contribution is 2.25. The minimum absolute atomic E-state index is 0. The number of halogens is 3. The Bertz CT molecular complexity index is 555. The molecule has 8 heteroatoms. The molecule has 0 saturated carbocycles. The highest BCUT2D eigenvalue weighted by atomic mass is 35.5. The lowest BCUT2D eigenvalue weighted by molar-refractivity contribution is -0.137. The first-order valence-corrected chi connectivity index (χ1v) is 8.32. The summed E-state index contributed by atoms with van der Waals surface area (Å²) in [5.74, 6) is -0.510. The number of amides is 2. The lowest BCUT2D eigenvalue weighted by Crippen LogP contribution is -2.43. The molecule has 2 N–H and O–H groups in total. The Hall–Kier alpha value is -1.01. The van der Waals surface area contributed by atoms with Crippen LogP contribution in [0.4, 0.5) is 5.69 Å². The maximum Gasteiger partial charge on any atom is 0.244 e. The van der Waals surface area contributed by atoms with Crippen LogP contribution in [0, 0.1) is 5.92 Å². The molecule has 0 spiro atoms. The first kappa shape index (κ1) is 23.0. The lowest BCUT2D eigenvalue weighted by Gasteiger charge is -2.25. The van der Waals surface area contributed by atoms with Gasteiger partial charge in [0.05, 0.1) is 17.3 Å². The van der Waals surface area contributed by atoms with Crippen LogP contribution in [0.5, 0.6) is 0 Å². The fourth-order valence-electron chi connectivity index (χ4n) is 2.20. The average Bonchev–Trinajstić information content (AvgIpc) is 2.49. The Morgan fingerprint density at radius 1 is 1.29 bits per heavy atom. The summed E-state index contributed by atoms with van der Waals surface area (Å²) in [5, 5.41) is 6.55. The number of carbonyl (C=O) groups excluding carboxylic acids is 2. The van der Waals surface area contributed by atoms with Crippen molar-refractivity contribution in [3.05, 3.63) is 28.2 Å². The number of anilines is 1. The fourth-order valence-corrected chi connectivity index (χ4v) is 2.65. The second kappa shape index (κ2) is 11.5. The first-order chi connectivity index (χ1) is 10.9. The van der Waals surface area contributed by atoms with E-state index in [2.05, 4.69) is 10.6 Å². The molecule has 24 heavy (non-hydrogen) atoms. The smallest absolute Gasteiger partial charge is 0.244 e. The summed E-state index contributed by atoms with van der Waals surface area (Å²) in [7, 11) is 1.79. The summed E-state index contributed by atoms with van der Waals surface area (Å²) < 4.78 is 0. The molecule has 1 rings (SSSR count). The Labute approximate surface area is 159 Å². The van der Waals surface area contributed by atoms with Crippen LogP contribution >= 0.6 is 35.6 Å². The molecule has 1 aromatic rings. The maximum atomic E-state index is 12.4. The van der Waals surface area contributed by atoms with Crippen LogP contribution < -0.4 is 10.6 Å².